The first-order chi connectivity index (χ1) is 15.8. The second-order valence-electron chi connectivity index (χ2n) is 6.75. The highest BCUT2D eigenvalue weighted by molar-refractivity contribution is 7.17. The zero-order chi connectivity index (χ0) is 24.0. The van der Waals surface area contributed by atoms with Crippen molar-refractivity contribution in [3.63, 3.8) is 0 Å². The molecule has 0 radical (unpaired) electrons. The largest absolute Gasteiger partial charge is 0.494 e. The third-order valence-corrected chi connectivity index (χ3v) is 5.62. The summed E-state index contributed by atoms with van der Waals surface area (Å²) in [6, 6.07) is 13.0. The number of nitrogens with one attached hydrogen (secondary N) is 1. The first-order valence-corrected chi connectivity index (χ1v) is 10.8. The van der Waals surface area contributed by atoms with E-state index < -0.39 is 23.4 Å². The number of para-hydroxylation sites is 2. The molecule has 33 heavy (non-hydrogen) atoms. The third-order valence-electron chi connectivity index (χ3n) is 4.60. The molecule has 1 N–H and O–H groups in total. The molecule has 0 aliphatic heterocycles. The molecule has 9 nitrogen and oxygen atoms in total. The topological polar surface area (TPSA) is 117 Å². The lowest BCUT2D eigenvalue weighted by Gasteiger charge is -2.10. The zero-order valence-electron chi connectivity index (χ0n) is 18.2. The number of carbonyl (C=O) groups is 2. The lowest BCUT2D eigenvalue weighted by atomic mass is 10.0. The fourth-order valence-corrected chi connectivity index (χ4v) is 4.28. The van der Waals surface area contributed by atoms with Crippen molar-refractivity contribution in [1.29, 1.82) is 0 Å². The number of carbonyl (C=O) groups excluding carboxylic acids is 2. The summed E-state index contributed by atoms with van der Waals surface area (Å²) in [5.41, 5.74) is 1.39. The fraction of sp³-hybridized carbons (Fsp3) is 0.217. The first kappa shape index (κ1) is 23.7. The maximum atomic E-state index is 12.6. The maximum Gasteiger partial charge on any atom is 0.341 e. The Balaban J connectivity index is 1.84. The summed E-state index contributed by atoms with van der Waals surface area (Å²) in [6.45, 7) is 3.79. The van der Waals surface area contributed by atoms with Crippen molar-refractivity contribution in [3.05, 3.63) is 69.1 Å². The summed E-state index contributed by atoms with van der Waals surface area (Å²) in [5, 5.41) is 14.1. The van der Waals surface area contributed by atoms with E-state index in [0.717, 1.165) is 10.4 Å². The van der Waals surface area contributed by atoms with Crippen LogP contribution < -0.4 is 14.8 Å². The molecule has 3 rings (SSSR count). The maximum absolute atomic E-state index is 12.6. The van der Waals surface area contributed by atoms with Crippen molar-refractivity contribution >= 4 is 33.9 Å². The molecule has 1 aromatic heterocycles. The number of methoxy groups -OCH3 is 1. The number of nitro benzene ring substituents is 1. The average molecular weight is 471 g/mol. The smallest absolute Gasteiger partial charge is 0.341 e. The monoisotopic (exact) mass is 470 g/mol. The number of aryl methyl sites for hydroxylation is 1. The molecule has 0 spiro atoms. The molecule has 0 saturated heterocycles. The van der Waals surface area contributed by atoms with Gasteiger partial charge in [0, 0.05) is 16.5 Å². The van der Waals surface area contributed by atoms with E-state index in [-0.39, 0.29) is 17.0 Å². The number of thiophene rings is 1. The Morgan fingerprint density at radius 1 is 1.09 bits per heavy atom. The Labute approximate surface area is 194 Å². The van der Waals surface area contributed by atoms with Gasteiger partial charge in [0.15, 0.2) is 12.4 Å². The van der Waals surface area contributed by atoms with Crippen molar-refractivity contribution in [3.8, 4) is 22.6 Å². The highest BCUT2D eigenvalue weighted by Crippen LogP contribution is 2.40. The van der Waals surface area contributed by atoms with Crippen molar-refractivity contribution in [1.82, 2.24) is 0 Å². The second-order valence-corrected chi connectivity index (χ2v) is 7.97. The van der Waals surface area contributed by atoms with Crippen LogP contribution in [0.5, 0.6) is 11.5 Å². The number of hydrogen-bond acceptors (Lipinski definition) is 8. The third kappa shape index (κ3) is 5.47. The Bertz CT molecular complexity index is 1170. The molecule has 10 heteroatoms. The molecule has 1 heterocycles. The van der Waals surface area contributed by atoms with Crippen LogP contribution in [-0.4, -0.2) is 37.1 Å². The van der Waals surface area contributed by atoms with E-state index in [1.807, 2.05) is 26.0 Å². The van der Waals surface area contributed by atoms with E-state index in [2.05, 4.69) is 5.32 Å². The number of nitro groups is 1. The molecule has 0 bridgehead atoms. The van der Waals surface area contributed by atoms with Gasteiger partial charge in [-0.15, -0.1) is 11.3 Å². The van der Waals surface area contributed by atoms with Gasteiger partial charge in [-0.25, -0.2) is 4.79 Å². The SMILES string of the molecule is CCOc1ccc(-c2c(C)sc(NC(=O)COc3ccccc3[N+](=O)[O-])c2C(=O)OC)cc1. The summed E-state index contributed by atoms with van der Waals surface area (Å²) >= 11 is 1.22. The molecule has 0 unspecified atom stereocenters. The Morgan fingerprint density at radius 3 is 2.42 bits per heavy atom. The van der Waals surface area contributed by atoms with E-state index in [0.29, 0.717) is 22.9 Å². The van der Waals surface area contributed by atoms with Crippen LogP contribution in [0, 0.1) is 17.0 Å². The van der Waals surface area contributed by atoms with E-state index >= 15 is 0 Å². The van der Waals surface area contributed by atoms with Crippen LogP contribution in [0.15, 0.2) is 48.5 Å². The molecular weight excluding hydrogens is 448 g/mol. The highest BCUT2D eigenvalue weighted by Gasteiger charge is 2.25. The number of esters is 1. The predicted octanol–water partition coefficient (Wildman–Crippen LogP) is 4.83. The lowest BCUT2D eigenvalue weighted by Crippen LogP contribution is -2.21. The van der Waals surface area contributed by atoms with Crippen LogP contribution >= 0.6 is 11.3 Å². The van der Waals surface area contributed by atoms with Crippen molar-refractivity contribution < 1.29 is 28.7 Å². The van der Waals surface area contributed by atoms with Crippen molar-refractivity contribution in [2.45, 2.75) is 13.8 Å². The van der Waals surface area contributed by atoms with Crippen LogP contribution in [0.3, 0.4) is 0 Å². The van der Waals surface area contributed by atoms with Crippen LogP contribution in [0.25, 0.3) is 11.1 Å². The van der Waals surface area contributed by atoms with E-state index in [1.165, 1.54) is 36.6 Å². The van der Waals surface area contributed by atoms with E-state index in [4.69, 9.17) is 14.2 Å². The Hall–Kier alpha value is -3.92. The average Bonchev–Trinajstić information content (AvgIpc) is 3.13. The van der Waals surface area contributed by atoms with Gasteiger partial charge in [-0.3, -0.25) is 14.9 Å². The molecule has 0 aliphatic rings. The molecule has 172 valence electrons. The highest BCUT2D eigenvalue weighted by atomic mass is 32.1. The lowest BCUT2D eigenvalue weighted by molar-refractivity contribution is -0.385. The number of benzene rings is 2. The predicted molar refractivity (Wildman–Crippen MR) is 124 cm³/mol. The quantitative estimate of drug-likeness (QED) is 0.270. The fourth-order valence-electron chi connectivity index (χ4n) is 3.20. The Kier molecular flexibility index (Phi) is 7.62. The molecule has 1 amide bonds. The van der Waals surface area contributed by atoms with Crippen molar-refractivity contribution in [2.24, 2.45) is 0 Å². The number of rotatable bonds is 9. The summed E-state index contributed by atoms with van der Waals surface area (Å²) in [6.07, 6.45) is 0. The normalized spacial score (nSPS) is 10.4. The van der Waals surface area contributed by atoms with Gasteiger partial charge >= 0.3 is 11.7 Å². The van der Waals surface area contributed by atoms with Gasteiger partial charge in [0.2, 0.25) is 0 Å². The van der Waals surface area contributed by atoms with Crippen LogP contribution in [-0.2, 0) is 9.53 Å². The molecule has 0 fully saturated rings. The van der Waals surface area contributed by atoms with E-state index in [1.54, 1.807) is 18.2 Å². The minimum Gasteiger partial charge on any atom is -0.494 e. The molecule has 0 saturated carbocycles. The van der Waals surface area contributed by atoms with Gasteiger partial charge in [0.05, 0.1) is 18.6 Å². The van der Waals surface area contributed by atoms with Gasteiger partial charge < -0.3 is 19.5 Å². The number of amides is 1. The minimum absolute atomic E-state index is 0.0247. The minimum atomic E-state index is -0.599. The Morgan fingerprint density at radius 2 is 1.79 bits per heavy atom. The standard InChI is InChI=1S/C23H22N2O7S/c1-4-31-16-11-9-15(10-12-16)20-14(2)33-22(21(20)23(27)30-3)24-19(26)13-32-18-8-6-5-7-17(18)25(28)29/h5-12H,4,13H2,1-3H3,(H,24,26). The van der Waals surface area contributed by atoms with Gasteiger partial charge in [0.1, 0.15) is 16.3 Å². The van der Waals surface area contributed by atoms with Gasteiger partial charge in [-0.2, -0.15) is 0 Å². The zero-order valence-corrected chi connectivity index (χ0v) is 19.1. The number of nitrogens with zero attached hydrogens (tertiary/aromatic N) is 1. The van der Waals surface area contributed by atoms with Crippen LogP contribution in [0.1, 0.15) is 22.2 Å². The van der Waals surface area contributed by atoms with Gasteiger partial charge in [0.25, 0.3) is 5.91 Å². The summed E-state index contributed by atoms with van der Waals surface area (Å²) in [5.74, 6) is -0.492. The molecule has 0 aliphatic carbocycles. The summed E-state index contributed by atoms with van der Waals surface area (Å²) in [7, 11) is 1.26. The molecule has 2 aromatic carbocycles. The second kappa shape index (κ2) is 10.6. The van der Waals surface area contributed by atoms with Crippen molar-refractivity contribution in [2.75, 3.05) is 25.6 Å². The number of ether oxygens (including phenoxy) is 3. The first-order valence-electron chi connectivity index (χ1n) is 9.96. The number of anilines is 1. The molecular formula is C23H22N2O7S. The van der Waals surface area contributed by atoms with Gasteiger partial charge in [-0.05, 0) is 37.6 Å². The van der Waals surface area contributed by atoms with Crippen LogP contribution in [0.4, 0.5) is 10.7 Å². The molecule has 3 aromatic rings. The summed E-state index contributed by atoms with van der Waals surface area (Å²) in [4.78, 5) is 36.5. The summed E-state index contributed by atoms with van der Waals surface area (Å²) < 4.78 is 15.8. The van der Waals surface area contributed by atoms with Crippen LogP contribution in [0.2, 0.25) is 0 Å². The van der Waals surface area contributed by atoms with E-state index in [9.17, 15) is 19.7 Å². The number of hydrogen-bond donors (Lipinski definition) is 1. The van der Waals surface area contributed by atoms with Gasteiger partial charge in [-0.1, -0.05) is 24.3 Å². The molecule has 0 atom stereocenters.